The Morgan fingerprint density at radius 3 is 2.83 bits per heavy atom. The summed E-state index contributed by atoms with van der Waals surface area (Å²) in [6.07, 6.45) is 12.8. The molecule has 0 aliphatic heterocycles. The third-order valence-electron chi connectivity index (χ3n) is 4.30. The number of unbranched alkanes of at least 4 members (excludes halogenated alkanes) is 2. The largest absolute Gasteiger partial charge is 0.469 e. The van der Waals surface area contributed by atoms with Crippen LogP contribution in [-0.4, -0.2) is 13.1 Å². The Morgan fingerprint density at radius 1 is 1.39 bits per heavy atom. The van der Waals surface area contributed by atoms with Crippen molar-refractivity contribution in [2.75, 3.05) is 7.11 Å². The molecule has 2 heteroatoms. The normalized spacial score (nSPS) is 28.5. The summed E-state index contributed by atoms with van der Waals surface area (Å²) < 4.78 is 4.79. The Kier molecular flexibility index (Phi) is 7.07. The van der Waals surface area contributed by atoms with Gasteiger partial charge in [-0.15, -0.1) is 0 Å². The number of rotatable bonds is 6. The minimum atomic E-state index is -0.0533. The van der Waals surface area contributed by atoms with E-state index in [1.807, 2.05) is 0 Å². The Bertz CT molecular complexity index is 270. The van der Waals surface area contributed by atoms with E-state index in [4.69, 9.17) is 4.74 Å². The van der Waals surface area contributed by atoms with Gasteiger partial charge in [0.25, 0.3) is 0 Å². The predicted molar refractivity (Wildman–Crippen MR) is 75.3 cm³/mol. The summed E-state index contributed by atoms with van der Waals surface area (Å²) >= 11 is 0. The van der Waals surface area contributed by atoms with Gasteiger partial charge in [-0.3, -0.25) is 4.79 Å². The fraction of sp³-hybridized carbons (Fsp3) is 0.812. The van der Waals surface area contributed by atoms with Gasteiger partial charge < -0.3 is 4.74 Å². The monoisotopic (exact) mass is 252 g/mol. The van der Waals surface area contributed by atoms with Crippen LogP contribution in [0, 0.1) is 17.8 Å². The quantitative estimate of drug-likeness (QED) is 0.399. The van der Waals surface area contributed by atoms with Gasteiger partial charge in [0.05, 0.1) is 7.11 Å². The minimum Gasteiger partial charge on any atom is -0.469 e. The molecule has 3 atom stereocenters. The maximum atomic E-state index is 11.4. The number of methoxy groups -OCH3 is 1. The molecule has 0 aromatic carbocycles. The molecule has 1 fully saturated rings. The Morgan fingerprint density at radius 2 is 2.17 bits per heavy atom. The smallest absolute Gasteiger partial charge is 0.305 e. The zero-order chi connectivity index (χ0) is 13.4. The second-order valence-electron chi connectivity index (χ2n) is 5.56. The Hall–Kier alpha value is -0.790. The molecule has 18 heavy (non-hydrogen) atoms. The van der Waals surface area contributed by atoms with Gasteiger partial charge in [0, 0.05) is 6.42 Å². The van der Waals surface area contributed by atoms with E-state index in [1.165, 1.54) is 45.6 Å². The molecule has 1 aliphatic rings. The molecule has 1 rings (SSSR count). The lowest BCUT2D eigenvalue weighted by atomic mass is 9.71. The number of allylic oxidation sites excluding steroid dienone is 2. The van der Waals surface area contributed by atoms with Crippen molar-refractivity contribution in [3.63, 3.8) is 0 Å². The van der Waals surface area contributed by atoms with Gasteiger partial charge in [0.1, 0.15) is 0 Å². The van der Waals surface area contributed by atoms with Gasteiger partial charge in [-0.05, 0) is 37.0 Å². The summed E-state index contributed by atoms with van der Waals surface area (Å²) in [5.74, 6) is 1.72. The lowest BCUT2D eigenvalue weighted by molar-refractivity contribution is -0.142. The molecule has 0 aromatic heterocycles. The average Bonchev–Trinajstić information content (AvgIpc) is 2.38. The average molecular weight is 252 g/mol. The third-order valence-corrected chi connectivity index (χ3v) is 4.30. The van der Waals surface area contributed by atoms with Crippen molar-refractivity contribution in [3.05, 3.63) is 12.2 Å². The molecule has 104 valence electrons. The van der Waals surface area contributed by atoms with Crippen molar-refractivity contribution in [2.24, 2.45) is 17.8 Å². The van der Waals surface area contributed by atoms with Crippen molar-refractivity contribution in [1.82, 2.24) is 0 Å². The van der Waals surface area contributed by atoms with Crippen LogP contribution in [0.3, 0.4) is 0 Å². The van der Waals surface area contributed by atoms with E-state index in [0.29, 0.717) is 24.2 Å². The summed E-state index contributed by atoms with van der Waals surface area (Å²) in [6.45, 7) is 4.52. The third kappa shape index (κ3) is 4.83. The maximum Gasteiger partial charge on any atom is 0.305 e. The molecule has 0 bridgehead atoms. The standard InChI is InChI=1S/C16H28O2/c1-4-5-6-7-9-14-10-8-11-15(13(14)2)12-16(17)18-3/h7,9,13-15H,4-6,8,10-12H2,1-3H3/b9-7+/t13-,14+,15+/m0/s1. The van der Waals surface area contributed by atoms with Crippen LogP contribution in [0.1, 0.15) is 58.8 Å². The molecule has 0 heterocycles. The van der Waals surface area contributed by atoms with Crippen molar-refractivity contribution in [3.8, 4) is 0 Å². The first kappa shape index (κ1) is 15.3. The molecule has 0 aromatic rings. The van der Waals surface area contributed by atoms with Gasteiger partial charge >= 0.3 is 5.97 Å². The summed E-state index contributed by atoms with van der Waals surface area (Å²) in [7, 11) is 1.48. The minimum absolute atomic E-state index is 0.0533. The highest BCUT2D eigenvalue weighted by atomic mass is 16.5. The summed E-state index contributed by atoms with van der Waals surface area (Å²) in [5.41, 5.74) is 0. The van der Waals surface area contributed by atoms with E-state index in [2.05, 4.69) is 26.0 Å². The molecule has 0 radical (unpaired) electrons. The first-order valence-electron chi connectivity index (χ1n) is 7.42. The van der Waals surface area contributed by atoms with Crippen molar-refractivity contribution in [1.29, 1.82) is 0 Å². The van der Waals surface area contributed by atoms with Gasteiger partial charge in [-0.25, -0.2) is 0 Å². The number of ether oxygens (including phenoxy) is 1. The molecule has 1 saturated carbocycles. The van der Waals surface area contributed by atoms with Gasteiger partial charge in [-0.1, -0.05) is 45.3 Å². The van der Waals surface area contributed by atoms with Crippen LogP contribution < -0.4 is 0 Å². The predicted octanol–water partition coefficient (Wildman–Crippen LogP) is 4.35. The number of carbonyl (C=O) groups is 1. The molecular formula is C16H28O2. The van der Waals surface area contributed by atoms with E-state index < -0.39 is 0 Å². The molecule has 0 saturated heterocycles. The second kappa shape index (κ2) is 8.34. The highest BCUT2D eigenvalue weighted by Gasteiger charge is 2.29. The van der Waals surface area contributed by atoms with Crippen molar-refractivity contribution >= 4 is 5.97 Å². The molecule has 0 spiro atoms. The van der Waals surface area contributed by atoms with Gasteiger partial charge in [-0.2, -0.15) is 0 Å². The Balaban J connectivity index is 2.44. The zero-order valence-electron chi connectivity index (χ0n) is 12.2. The number of hydrogen-bond acceptors (Lipinski definition) is 2. The lowest BCUT2D eigenvalue weighted by Gasteiger charge is -2.34. The van der Waals surface area contributed by atoms with Crippen LogP contribution in [-0.2, 0) is 9.53 Å². The molecule has 0 unspecified atom stereocenters. The van der Waals surface area contributed by atoms with E-state index >= 15 is 0 Å². The zero-order valence-corrected chi connectivity index (χ0v) is 12.2. The second-order valence-corrected chi connectivity index (χ2v) is 5.56. The lowest BCUT2D eigenvalue weighted by Crippen LogP contribution is -2.27. The van der Waals surface area contributed by atoms with Crippen LogP contribution in [0.15, 0.2) is 12.2 Å². The first-order chi connectivity index (χ1) is 8.69. The summed E-state index contributed by atoms with van der Waals surface area (Å²) in [5, 5.41) is 0. The fourth-order valence-electron chi connectivity index (χ4n) is 2.94. The molecule has 0 amide bonds. The van der Waals surface area contributed by atoms with E-state index in [1.54, 1.807) is 0 Å². The topological polar surface area (TPSA) is 26.3 Å². The van der Waals surface area contributed by atoms with Crippen LogP contribution in [0.5, 0.6) is 0 Å². The summed E-state index contributed by atoms with van der Waals surface area (Å²) in [4.78, 5) is 11.4. The van der Waals surface area contributed by atoms with E-state index in [0.717, 1.165) is 0 Å². The molecule has 1 aliphatic carbocycles. The van der Waals surface area contributed by atoms with Crippen LogP contribution in [0.2, 0.25) is 0 Å². The fourth-order valence-corrected chi connectivity index (χ4v) is 2.94. The van der Waals surface area contributed by atoms with E-state index in [-0.39, 0.29) is 5.97 Å². The summed E-state index contributed by atoms with van der Waals surface area (Å²) in [6, 6.07) is 0. The van der Waals surface area contributed by atoms with Crippen molar-refractivity contribution < 1.29 is 9.53 Å². The number of esters is 1. The van der Waals surface area contributed by atoms with Gasteiger partial charge in [0.2, 0.25) is 0 Å². The number of hydrogen-bond donors (Lipinski definition) is 0. The molecule has 2 nitrogen and oxygen atoms in total. The molecular weight excluding hydrogens is 224 g/mol. The Labute approximate surface area is 112 Å². The van der Waals surface area contributed by atoms with E-state index in [9.17, 15) is 4.79 Å². The molecule has 0 N–H and O–H groups in total. The van der Waals surface area contributed by atoms with Crippen LogP contribution >= 0.6 is 0 Å². The van der Waals surface area contributed by atoms with Crippen LogP contribution in [0.25, 0.3) is 0 Å². The number of carbonyl (C=O) groups excluding carboxylic acids is 1. The first-order valence-corrected chi connectivity index (χ1v) is 7.42. The maximum absolute atomic E-state index is 11.4. The van der Waals surface area contributed by atoms with Crippen molar-refractivity contribution in [2.45, 2.75) is 58.8 Å². The highest BCUT2D eigenvalue weighted by molar-refractivity contribution is 5.69. The van der Waals surface area contributed by atoms with Gasteiger partial charge in [0.15, 0.2) is 0 Å². The highest BCUT2D eigenvalue weighted by Crippen LogP contribution is 2.37. The SMILES string of the molecule is CCCC/C=C/[C@@H]1CCC[C@H](CC(=O)OC)[C@H]1C. The van der Waals surface area contributed by atoms with Crippen LogP contribution in [0.4, 0.5) is 0 Å².